The van der Waals surface area contributed by atoms with Crippen molar-refractivity contribution in [1.29, 1.82) is 0 Å². The maximum absolute atomic E-state index is 11.9. The van der Waals surface area contributed by atoms with Crippen LogP contribution in [0.2, 0.25) is 0 Å². The van der Waals surface area contributed by atoms with E-state index in [2.05, 4.69) is 19.7 Å². The number of esters is 3. The van der Waals surface area contributed by atoms with Crippen LogP contribution >= 0.6 is 0 Å². The van der Waals surface area contributed by atoms with Crippen LogP contribution in [0.3, 0.4) is 0 Å². The highest BCUT2D eigenvalue weighted by atomic mass is 16.6. The first-order valence-electron chi connectivity index (χ1n) is 8.28. The average molecular weight is 348 g/mol. The smallest absolute Gasteiger partial charge is 0.334 e. The molecule has 0 aromatic rings. The molecule has 0 spiro atoms. The van der Waals surface area contributed by atoms with Crippen LogP contribution in [0.4, 0.5) is 0 Å². The van der Waals surface area contributed by atoms with Crippen LogP contribution in [-0.4, -0.2) is 36.2 Å². The number of fused-ring (bicyclic) bond motifs is 1. The first kappa shape index (κ1) is 19.0. The van der Waals surface area contributed by atoms with Crippen molar-refractivity contribution in [2.24, 2.45) is 5.92 Å². The minimum atomic E-state index is -0.541. The zero-order chi connectivity index (χ0) is 18.7. The molecule has 4 atom stereocenters. The molecule has 1 heterocycles. The molecule has 6 nitrogen and oxygen atoms in total. The van der Waals surface area contributed by atoms with E-state index in [4.69, 9.17) is 14.2 Å². The molecule has 1 aliphatic heterocycles. The van der Waals surface area contributed by atoms with Gasteiger partial charge in [0.25, 0.3) is 0 Å². The molecule has 0 unspecified atom stereocenters. The Morgan fingerprint density at radius 1 is 1.04 bits per heavy atom. The van der Waals surface area contributed by atoms with E-state index >= 15 is 0 Å². The summed E-state index contributed by atoms with van der Waals surface area (Å²) in [5, 5.41) is 0. The lowest BCUT2D eigenvalue weighted by Gasteiger charge is -2.29. The minimum Gasteiger partial charge on any atom is -0.458 e. The van der Waals surface area contributed by atoms with Gasteiger partial charge in [-0.1, -0.05) is 19.7 Å². The van der Waals surface area contributed by atoms with Crippen molar-refractivity contribution in [3.8, 4) is 0 Å². The van der Waals surface area contributed by atoms with E-state index < -0.39 is 36.2 Å². The van der Waals surface area contributed by atoms with Crippen molar-refractivity contribution < 1.29 is 28.6 Å². The topological polar surface area (TPSA) is 78.9 Å². The molecule has 2 aliphatic rings. The lowest BCUT2D eigenvalue weighted by atomic mass is 9.82. The molecule has 25 heavy (non-hydrogen) atoms. The Labute approximate surface area is 147 Å². The standard InChI is InChI=1S/C19H24O6/c1-10-6-7-16(23-13(4)20)11(2)8-18-15(12(3)19(22)25-18)9-17(10)24-14(5)21/h15-18H,1-3,6-9H2,4-5H3/t15-,16-,17+,18+/m1/s1. The molecular weight excluding hydrogens is 324 g/mol. The highest BCUT2D eigenvalue weighted by Crippen LogP contribution is 2.38. The number of ether oxygens (including phenoxy) is 3. The average Bonchev–Trinajstić information content (AvgIpc) is 2.76. The highest BCUT2D eigenvalue weighted by Gasteiger charge is 2.42. The van der Waals surface area contributed by atoms with Crippen molar-refractivity contribution in [3.63, 3.8) is 0 Å². The fourth-order valence-electron chi connectivity index (χ4n) is 3.29. The Kier molecular flexibility index (Phi) is 5.82. The maximum Gasteiger partial charge on any atom is 0.334 e. The molecule has 6 heteroatoms. The van der Waals surface area contributed by atoms with Gasteiger partial charge in [-0.05, 0) is 30.4 Å². The Balaban J connectivity index is 2.30. The predicted molar refractivity (Wildman–Crippen MR) is 90.4 cm³/mol. The van der Waals surface area contributed by atoms with E-state index in [0.29, 0.717) is 42.4 Å². The van der Waals surface area contributed by atoms with E-state index in [-0.39, 0.29) is 5.92 Å². The lowest BCUT2D eigenvalue weighted by molar-refractivity contribution is -0.147. The first-order chi connectivity index (χ1) is 11.7. The summed E-state index contributed by atoms with van der Waals surface area (Å²) < 4.78 is 16.2. The quantitative estimate of drug-likeness (QED) is 0.330. The van der Waals surface area contributed by atoms with Gasteiger partial charge in [0, 0.05) is 31.8 Å². The van der Waals surface area contributed by atoms with Crippen LogP contribution in [0.5, 0.6) is 0 Å². The predicted octanol–water partition coefficient (Wildman–Crippen LogP) is 2.63. The molecule has 0 radical (unpaired) electrons. The molecule has 0 aromatic heterocycles. The van der Waals surface area contributed by atoms with Crippen molar-refractivity contribution in [1.82, 2.24) is 0 Å². The minimum absolute atomic E-state index is 0.304. The summed E-state index contributed by atoms with van der Waals surface area (Å²) >= 11 is 0. The molecule has 0 amide bonds. The lowest BCUT2D eigenvalue weighted by Crippen LogP contribution is -2.31. The van der Waals surface area contributed by atoms with Gasteiger partial charge in [0.2, 0.25) is 0 Å². The Bertz CT molecular complexity index is 632. The second-order valence-corrected chi connectivity index (χ2v) is 6.57. The summed E-state index contributed by atoms with van der Waals surface area (Å²) in [5.41, 5.74) is 1.74. The molecular formula is C19H24O6. The molecule has 0 N–H and O–H groups in total. The van der Waals surface area contributed by atoms with Crippen molar-refractivity contribution in [3.05, 3.63) is 36.5 Å². The second-order valence-electron chi connectivity index (χ2n) is 6.57. The van der Waals surface area contributed by atoms with E-state index in [1.807, 2.05) is 0 Å². The van der Waals surface area contributed by atoms with Crippen LogP contribution in [0.25, 0.3) is 0 Å². The summed E-state index contributed by atoms with van der Waals surface area (Å²) in [6.07, 6.45) is 0.245. The summed E-state index contributed by atoms with van der Waals surface area (Å²) in [4.78, 5) is 34.8. The summed E-state index contributed by atoms with van der Waals surface area (Å²) in [6.45, 7) is 14.5. The molecule has 1 saturated heterocycles. The summed E-state index contributed by atoms with van der Waals surface area (Å²) in [7, 11) is 0. The molecule has 0 aromatic carbocycles. The molecule has 2 fully saturated rings. The number of carbonyl (C=O) groups excluding carboxylic acids is 3. The van der Waals surface area contributed by atoms with Gasteiger partial charge in [0.1, 0.15) is 18.3 Å². The number of carbonyl (C=O) groups is 3. The van der Waals surface area contributed by atoms with Crippen molar-refractivity contribution in [2.75, 3.05) is 0 Å². The van der Waals surface area contributed by atoms with Gasteiger partial charge in [0.05, 0.1) is 0 Å². The van der Waals surface area contributed by atoms with Crippen LogP contribution in [0.15, 0.2) is 36.5 Å². The molecule has 2 rings (SSSR count). The largest absolute Gasteiger partial charge is 0.458 e. The monoisotopic (exact) mass is 348 g/mol. The van der Waals surface area contributed by atoms with Crippen molar-refractivity contribution in [2.45, 2.75) is 57.8 Å². The number of hydrogen-bond donors (Lipinski definition) is 0. The number of hydrogen-bond acceptors (Lipinski definition) is 6. The Hall–Kier alpha value is -2.37. The van der Waals surface area contributed by atoms with Gasteiger partial charge in [-0.2, -0.15) is 0 Å². The summed E-state index contributed by atoms with van der Waals surface area (Å²) in [6, 6.07) is 0. The fourth-order valence-corrected chi connectivity index (χ4v) is 3.29. The normalized spacial score (nSPS) is 30.3. The van der Waals surface area contributed by atoms with Gasteiger partial charge < -0.3 is 14.2 Å². The molecule has 0 bridgehead atoms. The van der Waals surface area contributed by atoms with E-state index in [0.717, 1.165) is 0 Å². The van der Waals surface area contributed by atoms with Crippen LogP contribution < -0.4 is 0 Å². The third kappa shape index (κ3) is 4.59. The SMILES string of the molecule is C=C1CC[C@@H](OC(C)=O)C(=C)C[C@@H]2OC(=O)C(=C)[C@H]2C[C@@H]1OC(C)=O. The highest BCUT2D eigenvalue weighted by molar-refractivity contribution is 5.90. The third-order valence-electron chi connectivity index (χ3n) is 4.60. The summed E-state index contributed by atoms with van der Waals surface area (Å²) in [5.74, 6) is -1.59. The van der Waals surface area contributed by atoms with Crippen LogP contribution in [-0.2, 0) is 28.6 Å². The molecule has 136 valence electrons. The van der Waals surface area contributed by atoms with Crippen molar-refractivity contribution >= 4 is 17.9 Å². The Morgan fingerprint density at radius 2 is 1.64 bits per heavy atom. The third-order valence-corrected chi connectivity index (χ3v) is 4.60. The van der Waals surface area contributed by atoms with Gasteiger partial charge in [0.15, 0.2) is 0 Å². The van der Waals surface area contributed by atoms with Gasteiger partial charge in [-0.3, -0.25) is 9.59 Å². The van der Waals surface area contributed by atoms with Gasteiger partial charge in [-0.25, -0.2) is 4.79 Å². The zero-order valence-electron chi connectivity index (χ0n) is 14.7. The first-order valence-corrected chi connectivity index (χ1v) is 8.28. The van der Waals surface area contributed by atoms with E-state index in [1.165, 1.54) is 13.8 Å². The molecule has 1 aliphatic carbocycles. The van der Waals surface area contributed by atoms with Crippen LogP contribution in [0.1, 0.15) is 39.5 Å². The second kappa shape index (κ2) is 7.68. The van der Waals surface area contributed by atoms with Gasteiger partial charge >= 0.3 is 17.9 Å². The van der Waals surface area contributed by atoms with E-state index in [1.54, 1.807) is 0 Å². The van der Waals surface area contributed by atoms with Crippen LogP contribution in [0, 0.1) is 5.92 Å². The maximum atomic E-state index is 11.9. The Morgan fingerprint density at radius 3 is 2.24 bits per heavy atom. The zero-order valence-corrected chi connectivity index (χ0v) is 14.7. The fraction of sp³-hybridized carbons (Fsp3) is 0.526. The molecule has 1 saturated carbocycles. The van der Waals surface area contributed by atoms with Gasteiger partial charge in [-0.15, -0.1) is 0 Å². The number of rotatable bonds is 2. The van der Waals surface area contributed by atoms with E-state index in [9.17, 15) is 14.4 Å².